The van der Waals surface area contributed by atoms with Crippen LogP contribution in [0.1, 0.15) is 92.9 Å². The summed E-state index contributed by atoms with van der Waals surface area (Å²) in [4.78, 5) is 11.9. The second-order valence-electron chi connectivity index (χ2n) is 17.7. The van der Waals surface area contributed by atoms with Gasteiger partial charge < -0.3 is 23.7 Å². The molecule has 0 amide bonds. The number of fused-ring (bicyclic) bond motifs is 2. The summed E-state index contributed by atoms with van der Waals surface area (Å²) in [6.45, 7) is 18.0. The van der Waals surface area contributed by atoms with Crippen LogP contribution in [0.5, 0.6) is 11.8 Å². The molecule has 0 radical (unpaired) electrons. The Bertz CT molecular complexity index is 1400. The lowest BCUT2D eigenvalue weighted by molar-refractivity contribution is 0.0506. The fraction of sp³-hybridized carbons (Fsp3) is 0.800. The molecule has 6 saturated carbocycles. The van der Waals surface area contributed by atoms with Crippen LogP contribution in [0.25, 0.3) is 0 Å². The van der Waals surface area contributed by atoms with E-state index in [1.807, 2.05) is 6.07 Å². The maximum atomic E-state index is 11.9. The third kappa shape index (κ3) is 5.42. The minimum absolute atomic E-state index is 0.236. The average Bonchev–Trinajstić information content (AvgIpc) is 3.69. The Hall–Kier alpha value is -2.37. The molecule has 6 aliphatic rings. The fourth-order valence-corrected chi connectivity index (χ4v) is 10.4. The summed E-state index contributed by atoms with van der Waals surface area (Å²) >= 11 is 0. The van der Waals surface area contributed by atoms with E-state index in [1.54, 1.807) is 33.0 Å². The number of aliphatic hydroxyl groups is 1. The topological polar surface area (TPSA) is 121 Å². The van der Waals surface area contributed by atoms with E-state index < -0.39 is 26.1 Å². The van der Waals surface area contributed by atoms with Gasteiger partial charge in [0, 0.05) is 24.2 Å². The summed E-state index contributed by atoms with van der Waals surface area (Å²) in [6.07, 6.45) is 13.2. The highest BCUT2D eigenvalue weighted by Crippen LogP contribution is 2.94. The molecule has 10 nitrogen and oxygen atoms in total. The van der Waals surface area contributed by atoms with Crippen molar-refractivity contribution in [2.45, 2.75) is 129 Å². The van der Waals surface area contributed by atoms with Crippen LogP contribution in [0, 0.1) is 33.5 Å². The maximum absolute atomic E-state index is 11.9. The van der Waals surface area contributed by atoms with Crippen LogP contribution in [0.4, 0.5) is 4.79 Å². The zero-order valence-electron chi connectivity index (χ0n) is 29.0. The molecule has 2 aromatic heterocycles. The molecule has 46 heavy (non-hydrogen) atoms. The zero-order valence-corrected chi connectivity index (χ0v) is 30.0. The molecule has 6 aliphatic carbocycles. The van der Waals surface area contributed by atoms with Gasteiger partial charge in [0.15, 0.2) is 8.32 Å². The summed E-state index contributed by atoms with van der Waals surface area (Å²) in [5, 5.41) is 21.6. The number of aliphatic hydroxyl groups excluding tert-OH is 1. The first kappa shape index (κ1) is 32.2. The largest absolute Gasteiger partial charge is 0.475 e. The Morgan fingerprint density at radius 3 is 1.98 bits per heavy atom. The molecule has 0 saturated heterocycles. The van der Waals surface area contributed by atoms with E-state index in [1.165, 1.54) is 57.6 Å². The molecular formula is C35H54N4O6Si. The highest BCUT2D eigenvalue weighted by atomic mass is 28.4. The monoisotopic (exact) mass is 654 g/mol. The number of carbonyl (C=O) groups excluding carboxylic acids is 1. The Morgan fingerprint density at radius 1 is 0.935 bits per heavy atom. The number of hydrogen-bond donors (Lipinski definition) is 2. The minimum Gasteiger partial charge on any atom is -0.475 e. The molecule has 6 fully saturated rings. The number of H-pyrrole nitrogens is 1. The van der Waals surface area contributed by atoms with Gasteiger partial charge in [-0.1, -0.05) is 20.8 Å². The van der Waals surface area contributed by atoms with Crippen molar-refractivity contribution in [2.75, 3.05) is 13.2 Å². The fourth-order valence-electron chi connectivity index (χ4n) is 9.09. The van der Waals surface area contributed by atoms with Crippen LogP contribution in [0.3, 0.4) is 0 Å². The maximum Gasteiger partial charge on any atom is 0.435 e. The van der Waals surface area contributed by atoms with Gasteiger partial charge in [-0.3, -0.25) is 0 Å². The van der Waals surface area contributed by atoms with E-state index in [-0.39, 0.29) is 17.7 Å². The van der Waals surface area contributed by atoms with Crippen molar-refractivity contribution in [1.29, 1.82) is 0 Å². The number of aromatic amines is 1. The highest BCUT2D eigenvalue weighted by Gasteiger charge is 2.88. The quantitative estimate of drug-likeness (QED) is 0.264. The van der Waals surface area contributed by atoms with Gasteiger partial charge in [-0.2, -0.15) is 9.78 Å². The van der Waals surface area contributed by atoms with Gasteiger partial charge in [0.05, 0.1) is 18.4 Å². The highest BCUT2D eigenvalue weighted by molar-refractivity contribution is 6.74. The summed E-state index contributed by atoms with van der Waals surface area (Å²) in [5.74, 6) is 2.23. The van der Waals surface area contributed by atoms with Crippen LogP contribution in [0.2, 0.25) is 18.1 Å². The van der Waals surface area contributed by atoms with Gasteiger partial charge in [-0.15, -0.1) is 5.10 Å². The first-order chi connectivity index (χ1) is 21.5. The lowest BCUT2D eigenvalue weighted by atomic mass is 10.2. The van der Waals surface area contributed by atoms with Gasteiger partial charge in [0.1, 0.15) is 18.8 Å². The molecular weight excluding hydrogens is 600 g/mol. The molecule has 8 rings (SSSR count). The van der Waals surface area contributed by atoms with E-state index in [0.717, 1.165) is 16.5 Å². The number of carbonyl (C=O) groups is 1. The third-order valence-corrected chi connectivity index (χ3v) is 17.3. The van der Waals surface area contributed by atoms with Crippen LogP contribution < -0.4 is 9.47 Å². The number of nitrogens with zero attached hydrogens (tertiary/aromatic N) is 3. The molecule has 2 heterocycles. The van der Waals surface area contributed by atoms with E-state index >= 15 is 0 Å². The number of rotatable bonds is 10. The van der Waals surface area contributed by atoms with Gasteiger partial charge in [-0.25, -0.2) is 9.89 Å². The molecule has 0 aliphatic heterocycles. The summed E-state index contributed by atoms with van der Waals surface area (Å²) in [7, 11) is -1.79. The van der Waals surface area contributed by atoms with Crippen molar-refractivity contribution in [1.82, 2.24) is 20.0 Å². The normalized spacial score (nSPS) is 25.1. The number of ether oxygens (including phenoxy) is 3. The summed E-state index contributed by atoms with van der Waals surface area (Å²) in [5.41, 5.74) is 1.61. The molecule has 2 aromatic rings. The predicted octanol–water partition coefficient (Wildman–Crippen LogP) is 6.97. The van der Waals surface area contributed by atoms with Gasteiger partial charge in [0.2, 0.25) is 11.8 Å². The molecule has 2 unspecified atom stereocenters. The van der Waals surface area contributed by atoms with Gasteiger partial charge in [-0.05, 0) is 118 Å². The smallest absolute Gasteiger partial charge is 0.435 e. The van der Waals surface area contributed by atoms with Crippen molar-refractivity contribution >= 4 is 14.4 Å². The molecule has 2 N–H and O–H groups in total. The van der Waals surface area contributed by atoms with Crippen molar-refractivity contribution in [3.05, 3.63) is 24.5 Å². The predicted molar refractivity (Wildman–Crippen MR) is 175 cm³/mol. The summed E-state index contributed by atoms with van der Waals surface area (Å²) in [6, 6.07) is 3.50. The first-order valence-electron chi connectivity index (χ1n) is 17.4. The van der Waals surface area contributed by atoms with Crippen LogP contribution in [0.15, 0.2) is 24.5 Å². The molecule has 4 spiro atoms. The zero-order chi connectivity index (χ0) is 33.0. The van der Waals surface area contributed by atoms with E-state index in [4.69, 9.17) is 18.6 Å². The van der Waals surface area contributed by atoms with E-state index in [0.29, 0.717) is 40.1 Å². The Labute approximate surface area is 274 Å². The Kier molecular flexibility index (Phi) is 7.22. The van der Waals surface area contributed by atoms with Crippen molar-refractivity contribution < 1.29 is 28.5 Å². The van der Waals surface area contributed by atoms with Crippen molar-refractivity contribution in [2.24, 2.45) is 33.5 Å². The molecule has 0 aromatic carbocycles. The lowest BCUT2D eigenvalue weighted by Crippen LogP contribution is -2.46. The Balaban J connectivity index is 0.000000147. The minimum atomic E-state index is -1.79. The number of hydrogen-bond acceptors (Lipinski definition) is 8. The third-order valence-electron chi connectivity index (χ3n) is 12.8. The summed E-state index contributed by atoms with van der Waals surface area (Å²) < 4.78 is 24.8. The second-order valence-corrected chi connectivity index (χ2v) is 22.4. The SMILES string of the molecule is CC(C)(C)OC(=O)n1ccc(OCC(O)C2C3(CC3)C23CC3)n1.CC(C)(C)[Si](C)(C)OC(COc1ccn[nH]1)C1C2(CC2)C12CC2. The molecule has 11 heteroatoms. The number of aromatic nitrogens is 4. The average molecular weight is 655 g/mol. The molecule has 254 valence electrons. The van der Waals surface area contributed by atoms with Gasteiger partial charge >= 0.3 is 6.09 Å². The van der Waals surface area contributed by atoms with Crippen molar-refractivity contribution in [3.8, 4) is 11.8 Å². The molecule has 2 atom stereocenters. The lowest BCUT2D eigenvalue weighted by Gasteiger charge is -2.39. The van der Waals surface area contributed by atoms with E-state index in [2.05, 4.69) is 49.2 Å². The van der Waals surface area contributed by atoms with E-state index in [9.17, 15) is 9.90 Å². The molecule has 0 bridgehead atoms. The standard InChI is InChI=1S/C18H30N2O2Si.C17H24N2O4/c1-16(2,3)23(4,5)22-13(12-21-14-6-11-19-20-14)15-17(7-8-17)18(15)9-10-18;1-15(2,3)23-14(21)19-9-4-12(18-19)22-10-11(20)13-16(5-6-16)17(13)7-8-17/h6,11,13,15H,7-10,12H2,1-5H3,(H,19,20);4,9,11,13,20H,5-8,10H2,1-3H3. The number of nitrogens with one attached hydrogen (secondary N) is 1. The second kappa shape index (κ2) is 10.3. The van der Waals surface area contributed by atoms with Crippen LogP contribution in [-0.2, 0) is 9.16 Å². The Morgan fingerprint density at radius 2 is 1.50 bits per heavy atom. The van der Waals surface area contributed by atoms with Crippen LogP contribution in [-0.4, -0.2) is 70.5 Å². The van der Waals surface area contributed by atoms with Gasteiger partial charge in [0.25, 0.3) is 0 Å². The van der Waals surface area contributed by atoms with Crippen molar-refractivity contribution in [3.63, 3.8) is 0 Å². The van der Waals surface area contributed by atoms with Crippen LogP contribution >= 0.6 is 0 Å². The first-order valence-corrected chi connectivity index (χ1v) is 20.3.